The molecule has 0 atom stereocenters. The van der Waals surface area contributed by atoms with E-state index in [1.165, 1.54) is 24.4 Å². The standard InChI is InChI=1S/C13H11FN2O2/c1-8-2-3-10(7-11(8)14)16-12-6-9(13(17)18)4-5-15-12/h2-7H,1H3,(H,15,16)(H,17,18). The number of carbonyl (C=O) groups is 1. The van der Waals surface area contributed by atoms with Gasteiger partial charge in [0.15, 0.2) is 0 Å². The van der Waals surface area contributed by atoms with Crippen molar-refractivity contribution < 1.29 is 14.3 Å². The van der Waals surface area contributed by atoms with Crippen LogP contribution in [-0.2, 0) is 0 Å². The van der Waals surface area contributed by atoms with Crippen LogP contribution >= 0.6 is 0 Å². The first-order valence-corrected chi connectivity index (χ1v) is 5.29. The first-order chi connectivity index (χ1) is 8.56. The molecule has 0 fully saturated rings. The van der Waals surface area contributed by atoms with Crippen LogP contribution in [-0.4, -0.2) is 16.1 Å². The zero-order valence-electron chi connectivity index (χ0n) is 9.64. The van der Waals surface area contributed by atoms with Crippen molar-refractivity contribution in [3.05, 3.63) is 53.5 Å². The van der Waals surface area contributed by atoms with Crippen LogP contribution < -0.4 is 5.32 Å². The van der Waals surface area contributed by atoms with Gasteiger partial charge in [-0.3, -0.25) is 0 Å². The van der Waals surface area contributed by atoms with Crippen LogP contribution in [0.25, 0.3) is 0 Å². The highest BCUT2D eigenvalue weighted by Crippen LogP contribution is 2.18. The fourth-order valence-electron chi connectivity index (χ4n) is 1.45. The maximum absolute atomic E-state index is 13.3. The van der Waals surface area contributed by atoms with Crippen molar-refractivity contribution in [1.82, 2.24) is 4.98 Å². The lowest BCUT2D eigenvalue weighted by Gasteiger charge is -2.07. The van der Waals surface area contributed by atoms with Crippen molar-refractivity contribution in [1.29, 1.82) is 0 Å². The highest BCUT2D eigenvalue weighted by molar-refractivity contribution is 5.88. The van der Waals surface area contributed by atoms with E-state index in [-0.39, 0.29) is 11.4 Å². The molecule has 0 aliphatic rings. The largest absolute Gasteiger partial charge is 0.478 e. The van der Waals surface area contributed by atoms with E-state index in [2.05, 4.69) is 10.3 Å². The van der Waals surface area contributed by atoms with Crippen molar-refractivity contribution in [2.24, 2.45) is 0 Å². The number of nitrogens with zero attached hydrogens (tertiary/aromatic N) is 1. The summed E-state index contributed by atoms with van der Waals surface area (Å²) in [4.78, 5) is 14.8. The summed E-state index contributed by atoms with van der Waals surface area (Å²) in [5.74, 6) is -0.997. The molecule has 4 nitrogen and oxygen atoms in total. The molecule has 0 saturated carbocycles. The van der Waals surface area contributed by atoms with E-state index in [0.29, 0.717) is 17.1 Å². The van der Waals surface area contributed by atoms with Crippen LogP contribution in [0.4, 0.5) is 15.9 Å². The summed E-state index contributed by atoms with van der Waals surface area (Å²) in [5, 5.41) is 11.7. The molecular formula is C13H11FN2O2. The third-order valence-electron chi connectivity index (χ3n) is 2.45. The number of anilines is 2. The third kappa shape index (κ3) is 2.63. The summed E-state index contributed by atoms with van der Waals surface area (Å²) in [6.45, 7) is 1.67. The molecule has 18 heavy (non-hydrogen) atoms. The molecule has 2 rings (SSSR count). The van der Waals surface area contributed by atoms with Crippen molar-refractivity contribution in [3.63, 3.8) is 0 Å². The number of aromatic nitrogens is 1. The molecule has 1 aromatic carbocycles. The number of aromatic carboxylic acids is 1. The minimum absolute atomic E-state index is 0.125. The van der Waals surface area contributed by atoms with Crippen LogP contribution in [0.2, 0.25) is 0 Å². The molecule has 0 bridgehead atoms. The normalized spacial score (nSPS) is 10.1. The third-order valence-corrected chi connectivity index (χ3v) is 2.45. The van der Waals surface area contributed by atoms with Crippen molar-refractivity contribution in [3.8, 4) is 0 Å². The highest BCUT2D eigenvalue weighted by Gasteiger charge is 2.05. The number of benzene rings is 1. The number of aryl methyl sites for hydroxylation is 1. The first-order valence-electron chi connectivity index (χ1n) is 5.29. The van der Waals surface area contributed by atoms with Gasteiger partial charge in [-0.2, -0.15) is 0 Å². The maximum Gasteiger partial charge on any atom is 0.335 e. The van der Waals surface area contributed by atoms with Crippen molar-refractivity contribution in [2.75, 3.05) is 5.32 Å². The molecule has 1 heterocycles. The monoisotopic (exact) mass is 246 g/mol. The van der Waals surface area contributed by atoms with Crippen molar-refractivity contribution >= 4 is 17.5 Å². The molecule has 0 saturated heterocycles. The number of carboxylic acids is 1. The average Bonchev–Trinajstić information content (AvgIpc) is 2.34. The molecule has 0 amide bonds. The van der Waals surface area contributed by atoms with E-state index >= 15 is 0 Å². The Labute approximate surface area is 103 Å². The van der Waals surface area contributed by atoms with E-state index in [0.717, 1.165) is 0 Å². The van der Waals surface area contributed by atoms with Crippen LogP contribution in [0.3, 0.4) is 0 Å². The van der Waals surface area contributed by atoms with Gasteiger partial charge in [-0.05, 0) is 36.8 Å². The molecule has 5 heteroatoms. The van der Waals surface area contributed by atoms with E-state index in [9.17, 15) is 9.18 Å². The lowest BCUT2D eigenvalue weighted by molar-refractivity contribution is 0.0697. The van der Waals surface area contributed by atoms with E-state index < -0.39 is 5.97 Å². The van der Waals surface area contributed by atoms with Crippen molar-refractivity contribution in [2.45, 2.75) is 6.92 Å². The summed E-state index contributed by atoms with van der Waals surface area (Å²) >= 11 is 0. The Morgan fingerprint density at radius 2 is 2.11 bits per heavy atom. The zero-order chi connectivity index (χ0) is 13.1. The number of hydrogen-bond acceptors (Lipinski definition) is 3. The second-order valence-corrected chi connectivity index (χ2v) is 3.82. The Kier molecular flexibility index (Phi) is 3.23. The Hall–Kier alpha value is -2.43. The van der Waals surface area contributed by atoms with Crippen LogP contribution in [0.15, 0.2) is 36.5 Å². The van der Waals surface area contributed by atoms with Gasteiger partial charge in [-0.15, -0.1) is 0 Å². The summed E-state index contributed by atoms with van der Waals surface area (Å²) in [7, 11) is 0. The fraction of sp³-hybridized carbons (Fsp3) is 0.0769. The predicted molar refractivity (Wildman–Crippen MR) is 65.6 cm³/mol. The number of rotatable bonds is 3. The predicted octanol–water partition coefficient (Wildman–Crippen LogP) is 2.97. The number of halogens is 1. The number of pyridine rings is 1. The zero-order valence-corrected chi connectivity index (χ0v) is 9.64. The molecule has 92 valence electrons. The Morgan fingerprint density at radius 3 is 2.78 bits per heavy atom. The van der Waals surface area contributed by atoms with Gasteiger partial charge in [0.25, 0.3) is 0 Å². The SMILES string of the molecule is Cc1ccc(Nc2cc(C(=O)O)ccn2)cc1F. The molecule has 2 aromatic rings. The summed E-state index contributed by atoms with van der Waals surface area (Å²) in [6.07, 6.45) is 1.39. The average molecular weight is 246 g/mol. The van der Waals surface area contributed by atoms with Crippen LogP contribution in [0.5, 0.6) is 0 Å². The van der Waals surface area contributed by atoms with E-state index in [4.69, 9.17) is 5.11 Å². The minimum Gasteiger partial charge on any atom is -0.478 e. The smallest absolute Gasteiger partial charge is 0.335 e. The lowest BCUT2D eigenvalue weighted by atomic mass is 10.2. The number of nitrogens with one attached hydrogen (secondary N) is 1. The Morgan fingerprint density at radius 1 is 1.33 bits per heavy atom. The number of hydrogen-bond donors (Lipinski definition) is 2. The number of carboxylic acid groups (broad SMARTS) is 1. The maximum atomic E-state index is 13.3. The van der Waals surface area contributed by atoms with Crippen LogP contribution in [0.1, 0.15) is 15.9 Å². The molecule has 0 radical (unpaired) electrons. The first kappa shape index (κ1) is 12.0. The lowest BCUT2D eigenvalue weighted by Crippen LogP contribution is -2.00. The van der Waals surface area contributed by atoms with Gasteiger partial charge in [0, 0.05) is 11.9 Å². The van der Waals surface area contributed by atoms with Gasteiger partial charge in [0.05, 0.1) is 5.56 Å². The van der Waals surface area contributed by atoms with E-state index in [1.807, 2.05) is 0 Å². The molecule has 2 N–H and O–H groups in total. The summed E-state index contributed by atoms with van der Waals surface area (Å²) in [6, 6.07) is 7.46. The fourth-order valence-corrected chi connectivity index (χ4v) is 1.45. The second kappa shape index (κ2) is 4.83. The molecule has 0 spiro atoms. The van der Waals surface area contributed by atoms with E-state index in [1.54, 1.807) is 19.1 Å². The van der Waals surface area contributed by atoms with Gasteiger partial charge in [0.2, 0.25) is 0 Å². The van der Waals surface area contributed by atoms with Gasteiger partial charge in [-0.25, -0.2) is 14.2 Å². The Balaban J connectivity index is 2.25. The second-order valence-electron chi connectivity index (χ2n) is 3.82. The summed E-state index contributed by atoms with van der Waals surface area (Å²) < 4.78 is 13.3. The van der Waals surface area contributed by atoms with Gasteiger partial charge in [0.1, 0.15) is 11.6 Å². The Bertz CT molecular complexity index is 599. The molecule has 0 aliphatic carbocycles. The summed E-state index contributed by atoms with van der Waals surface area (Å²) in [5.41, 5.74) is 1.20. The molecule has 1 aromatic heterocycles. The molecule has 0 aliphatic heterocycles. The molecular weight excluding hydrogens is 235 g/mol. The van der Waals surface area contributed by atoms with Gasteiger partial charge >= 0.3 is 5.97 Å². The topological polar surface area (TPSA) is 62.2 Å². The van der Waals surface area contributed by atoms with Gasteiger partial charge < -0.3 is 10.4 Å². The van der Waals surface area contributed by atoms with Gasteiger partial charge in [-0.1, -0.05) is 6.07 Å². The quantitative estimate of drug-likeness (QED) is 0.874. The minimum atomic E-state index is -1.03. The molecule has 0 unspecified atom stereocenters. The highest BCUT2D eigenvalue weighted by atomic mass is 19.1. The van der Waals surface area contributed by atoms with Crippen LogP contribution in [0, 0.1) is 12.7 Å².